The van der Waals surface area contributed by atoms with Gasteiger partial charge in [-0.25, -0.2) is 15.0 Å². The minimum Gasteiger partial charge on any atom is -0.483 e. The van der Waals surface area contributed by atoms with Gasteiger partial charge in [-0.1, -0.05) is 56.3 Å². The molecule has 3 heterocycles. The number of rotatable bonds is 20. The minimum atomic E-state index is -1.46. The topological polar surface area (TPSA) is 244 Å². The van der Waals surface area contributed by atoms with Crippen LogP contribution >= 0.6 is 0 Å². The molecule has 17 nitrogen and oxygen atoms in total. The van der Waals surface area contributed by atoms with Gasteiger partial charge in [0, 0.05) is 25.3 Å². The fourth-order valence-electron chi connectivity index (χ4n) is 5.54. The van der Waals surface area contributed by atoms with Crippen LogP contribution in [-0.4, -0.2) is 111 Å². The third kappa shape index (κ3) is 13.4. The monoisotopic (exact) mass is 771 g/mol. The minimum absolute atomic E-state index is 0.127. The third-order valence-electron chi connectivity index (χ3n) is 8.23. The quantitative estimate of drug-likeness (QED) is 0.0444. The molecule has 0 unspecified atom stereocenters. The highest BCUT2D eigenvalue weighted by atomic mass is 16.5. The average molecular weight is 772 g/mol. The Hall–Kier alpha value is -6.01. The maximum absolute atomic E-state index is 12.9. The number of amides is 3. The highest BCUT2D eigenvalue weighted by Crippen LogP contribution is 2.16. The van der Waals surface area contributed by atoms with E-state index in [0.29, 0.717) is 56.5 Å². The summed E-state index contributed by atoms with van der Waals surface area (Å²) in [6.45, 7) is 5.76. The lowest BCUT2D eigenvalue weighted by molar-refractivity contribution is -0.135. The first-order chi connectivity index (χ1) is 27.1. The molecular formula is C39H49N9O8. The average Bonchev–Trinajstić information content (AvgIpc) is 3.57. The van der Waals surface area contributed by atoms with E-state index in [1.54, 1.807) is 30.6 Å². The summed E-state index contributed by atoms with van der Waals surface area (Å²) in [5.41, 5.74) is 9.49. The number of aliphatic hydroxyl groups excluding tert-OH is 1. The first-order valence-electron chi connectivity index (χ1n) is 18.1. The number of hydrogen-bond donors (Lipinski definition) is 7. The van der Waals surface area contributed by atoms with Crippen LogP contribution < -0.4 is 27.0 Å². The summed E-state index contributed by atoms with van der Waals surface area (Å²) in [6, 6.07) is 20.6. The summed E-state index contributed by atoms with van der Waals surface area (Å²) in [5, 5.41) is 28.8. The fraction of sp³-hybridized carbons (Fsp3) is 0.359. The normalized spacial score (nSPS) is 12.6. The largest absolute Gasteiger partial charge is 0.483 e. The molecule has 0 aliphatic heterocycles. The molecule has 56 heavy (non-hydrogen) atoms. The summed E-state index contributed by atoms with van der Waals surface area (Å²) >= 11 is 0. The Morgan fingerprint density at radius 2 is 1.59 bits per heavy atom. The number of pyridine rings is 1. The van der Waals surface area contributed by atoms with Gasteiger partial charge in [-0.2, -0.15) is 0 Å². The number of carbonyl (C=O) groups is 4. The second-order valence-corrected chi connectivity index (χ2v) is 13.0. The Kier molecular flexibility index (Phi) is 17.1. The molecule has 0 bridgehead atoms. The van der Waals surface area contributed by atoms with Gasteiger partial charge in [0.25, 0.3) is 18.3 Å². The summed E-state index contributed by atoms with van der Waals surface area (Å²) in [7, 11) is 0. The molecule has 298 valence electrons. The van der Waals surface area contributed by atoms with Gasteiger partial charge in [0.05, 0.1) is 49.3 Å². The van der Waals surface area contributed by atoms with Crippen LogP contribution in [0.2, 0.25) is 0 Å². The van der Waals surface area contributed by atoms with Crippen molar-refractivity contribution >= 4 is 52.5 Å². The Morgan fingerprint density at radius 3 is 2.29 bits per heavy atom. The zero-order valence-electron chi connectivity index (χ0n) is 31.3. The predicted molar refractivity (Wildman–Crippen MR) is 210 cm³/mol. The number of nitrogens with one attached hydrogen (secondary N) is 4. The molecule has 0 radical (unpaired) electrons. The van der Waals surface area contributed by atoms with Crippen molar-refractivity contribution in [3.63, 3.8) is 0 Å². The summed E-state index contributed by atoms with van der Waals surface area (Å²) in [6.07, 6.45) is 2.60. The summed E-state index contributed by atoms with van der Waals surface area (Å²) in [4.78, 5) is 60.0. The van der Waals surface area contributed by atoms with Crippen LogP contribution in [0.15, 0.2) is 85.2 Å². The maximum Gasteiger partial charge on any atom is 0.290 e. The van der Waals surface area contributed by atoms with Gasteiger partial charge in [0.1, 0.15) is 23.7 Å². The molecule has 2 aromatic carbocycles. The number of aliphatic hydroxyl groups is 1. The summed E-state index contributed by atoms with van der Waals surface area (Å²) in [5.74, 6) is -0.204. The van der Waals surface area contributed by atoms with Crippen molar-refractivity contribution in [1.82, 2.24) is 30.0 Å². The van der Waals surface area contributed by atoms with Gasteiger partial charge >= 0.3 is 0 Å². The number of para-hydroxylation sites is 2. The van der Waals surface area contributed by atoms with Crippen molar-refractivity contribution in [1.29, 1.82) is 0 Å². The molecule has 3 amide bonds. The van der Waals surface area contributed by atoms with E-state index in [0.717, 1.165) is 16.6 Å². The molecule has 8 N–H and O–H groups in total. The molecule has 0 aliphatic carbocycles. The number of ether oxygens (including phenoxy) is 2. The van der Waals surface area contributed by atoms with Crippen molar-refractivity contribution in [2.75, 3.05) is 50.2 Å². The molecule has 3 atom stereocenters. The van der Waals surface area contributed by atoms with E-state index >= 15 is 0 Å². The van der Waals surface area contributed by atoms with Gasteiger partial charge in [0.15, 0.2) is 0 Å². The van der Waals surface area contributed by atoms with E-state index < -0.39 is 24.1 Å². The van der Waals surface area contributed by atoms with Crippen LogP contribution in [0.1, 0.15) is 36.3 Å². The van der Waals surface area contributed by atoms with E-state index in [2.05, 4.69) is 36.2 Å². The smallest absolute Gasteiger partial charge is 0.290 e. The van der Waals surface area contributed by atoms with Gasteiger partial charge in [-0.05, 0) is 54.7 Å². The second kappa shape index (κ2) is 22.4. The molecule has 0 saturated carbocycles. The third-order valence-corrected chi connectivity index (χ3v) is 8.23. The van der Waals surface area contributed by atoms with Gasteiger partial charge in [-0.3, -0.25) is 23.6 Å². The SMILES string of the molecule is CC(C)C[C@H](NC(=O)[C@@H](O)[C@H](N)Cc1ccccc1)C(=O)NCCOCCOCCNc1ccc(NC(=O)c2ccn3c(n2)nc2ccccc23)cn1.O=CO. The van der Waals surface area contributed by atoms with E-state index in [-0.39, 0.29) is 43.1 Å². The van der Waals surface area contributed by atoms with Crippen LogP contribution in [0, 0.1) is 5.92 Å². The predicted octanol–water partition coefficient (Wildman–Crippen LogP) is 2.25. The number of imidazole rings is 1. The molecule has 0 saturated heterocycles. The zero-order chi connectivity index (χ0) is 40.3. The molecule has 3 aromatic heterocycles. The lowest BCUT2D eigenvalue weighted by Gasteiger charge is -2.24. The zero-order valence-corrected chi connectivity index (χ0v) is 31.3. The van der Waals surface area contributed by atoms with Gasteiger partial charge in [0.2, 0.25) is 11.7 Å². The van der Waals surface area contributed by atoms with Crippen LogP contribution in [-0.2, 0) is 30.3 Å². The lowest BCUT2D eigenvalue weighted by Crippen LogP contribution is -2.54. The highest BCUT2D eigenvalue weighted by Gasteiger charge is 2.28. The van der Waals surface area contributed by atoms with E-state index in [1.165, 1.54) is 0 Å². The fourth-order valence-corrected chi connectivity index (χ4v) is 5.54. The maximum atomic E-state index is 12.9. The highest BCUT2D eigenvalue weighted by molar-refractivity contribution is 6.03. The number of nitrogens with two attached hydrogens (primary N) is 1. The first kappa shape index (κ1) is 42.7. The van der Waals surface area contributed by atoms with Crippen LogP contribution in [0.25, 0.3) is 16.8 Å². The molecule has 0 aliphatic rings. The number of carbonyl (C=O) groups excluding carboxylic acids is 3. The van der Waals surface area contributed by atoms with Crippen molar-refractivity contribution in [3.8, 4) is 0 Å². The van der Waals surface area contributed by atoms with Crippen molar-refractivity contribution in [3.05, 3.63) is 96.4 Å². The first-order valence-corrected chi connectivity index (χ1v) is 18.1. The molecule has 17 heteroatoms. The second-order valence-electron chi connectivity index (χ2n) is 13.0. The number of aromatic nitrogens is 4. The standard InChI is InChI=1S/C38H47N9O6.CH2O2/c1-25(2)22-31(44-37(51)34(48)28(39)23-26-8-4-3-5-9-26)35(49)41-16-19-53-21-20-52-18-15-40-33-13-12-27(24-42-33)43-36(50)30-14-17-47-32-11-7-6-10-29(32)45-38(47)46-30;2-1-3/h3-14,17,24-25,28,31,34,48H,15-16,18-23,39H2,1-2H3,(H,40,42)(H,41,49)(H,43,50)(H,44,51);1H,(H,2,3)/t28-,31+,34+;/m1./s1. The molecule has 5 rings (SSSR count). The van der Waals surface area contributed by atoms with E-state index in [1.807, 2.05) is 72.8 Å². The van der Waals surface area contributed by atoms with Crippen molar-refractivity contribution < 1.29 is 38.9 Å². The Morgan fingerprint density at radius 1 is 0.893 bits per heavy atom. The Balaban J connectivity index is 0.00000225. The molecule has 0 fully saturated rings. The number of nitrogens with zero attached hydrogens (tertiary/aromatic N) is 4. The van der Waals surface area contributed by atoms with Crippen LogP contribution in [0.5, 0.6) is 0 Å². The number of fused-ring (bicyclic) bond motifs is 3. The number of carboxylic acid groups (broad SMARTS) is 1. The number of benzene rings is 2. The Labute approximate surface area is 324 Å². The van der Waals surface area contributed by atoms with Crippen molar-refractivity contribution in [2.24, 2.45) is 11.7 Å². The number of hydrogen-bond acceptors (Lipinski definition) is 12. The van der Waals surface area contributed by atoms with Gasteiger partial charge in [-0.15, -0.1) is 0 Å². The van der Waals surface area contributed by atoms with E-state index in [4.69, 9.17) is 25.1 Å². The lowest BCUT2D eigenvalue weighted by atomic mass is 10.00. The Bertz CT molecular complexity index is 1990. The molecule has 0 spiro atoms. The van der Waals surface area contributed by atoms with Crippen molar-refractivity contribution in [2.45, 2.75) is 44.9 Å². The summed E-state index contributed by atoms with van der Waals surface area (Å²) < 4.78 is 13.0. The van der Waals surface area contributed by atoms with E-state index in [9.17, 15) is 19.5 Å². The van der Waals surface area contributed by atoms with Gasteiger partial charge < -0.3 is 46.7 Å². The number of anilines is 2. The molecular weight excluding hydrogens is 722 g/mol. The van der Waals surface area contributed by atoms with Crippen LogP contribution in [0.3, 0.4) is 0 Å². The van der Waals surface area contributed by atoms with Crippen LogP contribution in [0.4, 0.5) is 11.5 Å². The molecule has 5 aromatic rings.